The second kappa shape index (κ2) is 11.6. The highest BCUT2D eigenvalue weighted by Gasteiger charge is 2.36. The summed E-state index contributed by atoms with van der Waals surface area (Å²) >= 11 is 0.742. The Hall–Kier alpha value is -3.79. The van der Waals surface area contributed by atoms with Crippen molar-refractivity contribution in [3.05, 3.63) is 58.0 Å². The van der Waals surface area contributed by atoms with Crippen molar-refractivity contribution in [1.29, 1.82) is 0 Å². The third-order valence-electron chi connectivity index (χ3n) is 5.10. The Balaban J connectivity index is 1.70. The molecule has 0 atom stereocenters. The molecule has 2 aromatic carbocycles. The first-order chi connectivity index (χ1) is 16.7. The summed E-state index contributed by atoms with van der Waals surface area (Å²) in [6.45, 7) is 5.12. The van der Waals surface area contributed by atoms with Gasteiger partial charge in [-0.15, -0.1) is 0 Å². The van der Waals surface area contributed by atoms with Crippen LogP contribution in [0.1, 0.15) is 23.6 Å². The summed E-state index contributed by atoms with van der Waals surface area (Å²) in [5, 5.41) is 2.17. The van der Waals surface area contributed by atoms with E-state index in [0.29, 0.717) is 17.0 Å². The van der Waals surface area contributed by atoms with Gasteiger partial charge in [0.25, 0.3) is 11.1 Å². The number of nitrogens with one attached hydrogen (secondary N) is 1. The minimum absolute atomic E-state index is 0.162. The maximum Gasteiger partial charge on any atom is 0.344 e. The van der Waals surface area contributed by atoms with Crippen molar-refractivity contribution in [3.8, 4) is 11.5 Å². The van der Waals surface area contributed by atoms with E-state index in [4.69, 9.17) is 14.2 Å². The predicted molar refractivity (Wildman–Crippen MR) is 132 cm³/mol. The van der Waals surface area contributed by atoms with E-state index in [1.807, 2.05) is 26.0 Å². The molecule has 0 saturated carbocycles. The summed E-state index contributed by atoms with van der Waals surface area (Å²) in [5.41, 5.74) is 3.25. The number of imide groups is 1. The Morgan fingerprint density at radius 3 is 2.51 bits per heavy atom. The topological polar surface area (TPSA) is 111 Å². The van der Waals surface area contributed by atoms with Crippen molar-refractivity contribution in [2.45, 2.75) is 20.8 Å². The number of methoxy groups -OCH3 is 1. The number of hydrogen-bond acceptors (Lipinski definition) is 8. The lowest BCUT2D eigenvalue weighted by atomic mass is 10.1. The number of esters is 1. The Labute approximate surface area is 207 Å². The standard InChI is InChI=1S/C25H26N2O7S/c1-5-33-23(29)14-34-20-11-17(7-9-19(20)32-4)12-21-24(30)27(25(31)35-21)13-22(28)26-18-8-6-15(2)16(3)10-18/h6-12H,5,13-14H2,1-4H3,(H,26,28)/b21-12-. The van der Waals surface area contributed by atoms with Crippen LogP contribution in [0.5, 0.6) is 11.5 Å². The van der Waals surface area contributed by atoms with Crippen LogP contribution in [-0.2, 0) is 19.1 Å². The molecule has 10 heteroatoms. The second-order valence-corrected chi connectivity index (χ2v) is 8.61. The average molecular weight is 499 g/mol. The number of aryl methyl sites for hydroxylation is 2. The van der Waals surface area contributed by atoms with Gasteiger partial charge >= 0.3 is 5.97 Å². The van der Waals surface area contributed by atoms with Gasteiger partial charge in [0.1, 0.15) is 6.54 Å². The van der Waals surface area contributed by atoms with Crippen LogP contribution in [0.2, 0.25) is 0 Å². The van der Waals surface area contributed by atoms with Gasteiger partial charge in [-0.3, -0.25) is 19.3 Å². The maximum atomic E-state index is 12.8. The zero-order chi connectivity index (χ0) is 25.5. The van der Waals surface area contributed by atoms with Crippen LogP contribution < -0.4 is 14.8 Å². The van der Waals surface area contributed by atoms with Gasteiger partial charge in [0.15, 0.2) is 18.1 Å². The lowest BCUT2D eigenvalue weighted by Crippen LogP contribution is -2.36. The molecule has 0 bridgehead atoms. The van der Waals surface area contributed by atoms with E-state index in [-0.39, 0.29) is 23.9 Å². The number of amides is 3. The average Bonchev–Trinajstić information content (AvgIpc) is 3.07. The molecule has 1 saturated heterocycles. The van der Waals surface area contributed by atoms with Crippen LogP contribution in [0.25, 0.3) is 6.08 Å². The third-order valence-corrected chi connectivity index (χ3v) is 6.01. The highest BCUT2D eigenvalue weighted by Crippen LogP contribution is 2.34. The van der Waals surface area contributed by atoms with Crippen LogP contribution in [0, 0.1) is 13.8 Å². The zero-order valence-electron chi connectivity index (χ0n) is 19.9. The number of benzene rings is 2. The van der Waals surface area contributed by atoms with Gasteiger partial charge in [0, 0.05) is 5.69 Å². The minimum Gasteiger partial charge on any atom is -0.493 e. The van der Waals surface area contributed by atoms with Crippen molar-refractivity contribution < 1.29 is 33.4 Å². The highest BCUT2D eigenvalue weighted by atomic mass is 32.2. The monoisotopic (exact) mass is 498 g/mol. The van der Waals surface area contributed by atoms with Crippen LogP contribution in [0.15, 0.2) is 41.3 Å². The smallest absolute Gasteiger partial charge is 0.344 e. The van der Waals surface area contributed by atoms with E-state index in [0.717, 1.165) is 27.8 Å². The molecule has 1 fully saturated rings. The van der Waals surface area contributed by atoms with E-state index in [2.05, 4.69) is 5.32 Å². The molecule has 0 aromatic heterocycles. The normalized spacial score (nSPS) is 14.3. The fourth-order valence-corrected chi connectivity index (χ4v) is 4.02. The number of anilines is 1. The number of hydrogen-bond donors (Lipinski definition) is 1. The molecule has 1 heterocycles. The predicted octanol–water partition coefficient (Wildman–Crippen LogP) is 3.93. The molecule has 0 radical (unpaired) electrons. The van der Waals surface area contributed by atoms with Crippen LogP contribution >= 0.6 is 11.8 Å². The van der Waals surface area contributed by atoms with Crippen LogP contribution in [-0.4, -0.2) is 54.8 Å². The first kappa shape index (κ1) is 25.8. The van der Waals surface area contributed by atoms with Crippen molar-refractivity contribution in [1.82, 2.24) is 4.90 Å². The summed E-state index contributed by atoms with van der Waals surface area (Å²) in [7, 11) is 1.46. The number of carbonyl (C=O) groups excluding carboxylic acids is 4. The number of rotatable bonds is 9. The van der Waals surface area contributed by atoms with E-state index in [9.17, 15) is 19.2 Å². The molecule has 3 rings (SSSR count). The molecule has 3 amide bonds. The van der Waals surface area contributed by atoms with Crippen molar-refractivity contribution >= 4 is 46.5 Å². The van der Waals surface area contributed by atoms with Crippen molar-refractivity contribution in [2.24, 2.45) is 0 Å². The molecule has 1 N–H and O–H groups in total. The van der Waals surface area contributed by atoms with Crippen molar-refractivity contribution in [3.63, 3.8) is 0 Å². The Kier molecular flexibility index (Phi) is 8.53. The van der Waals surface area contributed by atoms with Gasteiger partial charge in [0.2, 0.25) is 5.91 Å². The SMILES string of the molecule is CCOC(=O)COc1cc(/C=C2\SC(=O)N(CC(=O)Nc3ccc(C)c(C)c3)C2=O)ccc1OC. The molecule has 184 valence electrons. The van der Waals surface area contributed by atoms with Crippen LogP contribution in [0.4, 0.5) is 10.5 Å². The highest BCUT2D eigenvalue weighted by molar-refractivity contribution is 8.18. The number of thioether (sulfide) groups is 1. The Morgan fingerprint density at radius 1 is 1.06 bits per heavy atom. The van der Waals surface area contributed by atoms with Gasteiger partial charge in [-0.25, -0.2) is 4.79 Å². The minimum atomic E-state index is -0.569. The summed E-state index contributed by atoms with van der Waals surface area (Å²) in [6.07, 6.45) is 1.52. The Bertz CT molecular complexity index is 1190. The molecule has 0 spiro atoms. The van der Waals surface area contributed by atoms with E-state index in [1.165, 1.54) is 13.2 Å². The summed E-state index contributed by atoms with van der Waals surface area (Å²) in [6, 6.07) is 10.3. The van der Waals surface area contributed by atoms with Gasteiger partial charge in [-0.05, 0) is 79.6 Å². The van der Waals surface area contributed by atoms with Crippen molar-refractivity contribution in [2.75, 3.05) is 32.2 Å². The molecule has 1 aliphatic heterocycles. The van der Waals surface area contributed by atoms with Gasteiger partial charge in [-0.1, -0.05) is 12.1 Å². The number of carbonyl (C=O) groups is 4. The number of ether oxygens (including phenoxy) is 3. The molecule has 0 aliphatic carbocycles. The van der Waals surface area contributed by atoms with E-state index < -0.39 is 29.6 Å². The number of nitrogens with zero attached hydrogens (tertiary/aromatic N) is 1. The van der Waals surface area contributed by atoms with Gasteiger partial charge < -0.3 is 19.5 Å². The lowest BCUT2D eigenvalue weighted by molar-refractivity contribution is -0.145. The summed E-state index contributed by atoms with van der Waals surface area (Å²) in [5.74, 6) is -0.903. The fourth-order valence-electron chi connectivity index (χ4n) is 3.19. The molecule has 1 aliphatic rings. The van der Waals surface area contributed by atoms with Crippen LogP contribution in [0.3, 0.4) is 0 Å². The zero-order valence-corrected chi connectivity index (χ0v) is 20.7. The van der Waals surface area contributed by atoms with E-state index >= 15 is 0 Å². The first-order valence-corrected chi connectivity index (χ1v) is 11.6. The van der Waals surface area contributed by atoms with Gasteiger partial charge in [-0.2, -0.15) is 0 Å². The molecule has 9 nitrogen and oxygen atoms in total. The summed E-state index contributed by atoms with van der Waals surface area (Å²) in [4.78, 5) is 50.4. The third kappa shape index (κ3) is 6.63. The second-order valence-electron chi connectivity index (χ2n) is 7.62. The van der Waals surface area contributed by atoms with Gasteiger partial charge in [0.05, 0.1) is 18.6 Å². The molecule has 2 aromatic rings. The van der Waals surface area contributed by atoms with E-state index in [1.54, 1.807) is 31.2 Å². The maximum absolute atomic E-state index is 12.8. The quantitative estimate of drug-likeness (QED) is 0.409. The molecular weight excluding hydrogens is 472 g/mol. The largest absolute Gasteiger partial charge is 0.493 e. The fraction of sp³-hybridized carbons (Fsp3) is 0.280. The molecule has 0 unspecified atom stereocenters. The summed E-state index contributed by atoms with van der Waals surface area (Å²) < 4.78 is 15.6. The lowest BCUT2D eigenvalue weighted by Gasteiger charge is -2.13. The molecule has 35 heavy (non-hydrogen) atoms. The Morgan fingerprint density at radius 2 is 1.83 bits per heavy atom. The first-order valence-electron chi connectivity index (χ1n) is 10.8. The molecular formula is C25H26N2O7S.